The first kappa shape index (κ1) is 13.8. The van der Waals surface area contributed by atoms with Gasteiger partial charge in [-0.1, -0.05) is 0 Å². The maximum Gasteiger partial charge on any atom is 0.225 e. The molecule has 3 rings (SSSR count). The molecule has 0 bridgehead atoms. The van der Waals surface area contributed by atoms with Crippen molar-refractivity contribution in [3.05, 3.63) is 29.7 Å². The molecule has 0 saturated carbocycles. The molecule has 112 valence electrons. The lowest BCUT2D eigenvalue weighted by Gasteiger charge is -2.36. The number of hydrogen-bond acceptors (Lipinski definition) is 6. The highest BCUT2D eigenvalue weighted by molar-refractivity contribution is 5.51. The third kappa shape index (κ3) is 2.56. The summed E-state index contributed by atoms with van der Waals surface area (Å²) in [5.74, 6) is 1.80. The highest BCUT2D eigenvalue weighted by Crippen LogP contribution is 2.24. The zero-order valence-corrected chi connectivity index (χ0v) is 12.4. The normalized spacial score (nSPS) is 15.6. The Morgan fingerprint density at radius 1 is 1.10 bits per heavy atom. The molecular formula is C14H20N6O. The first-order valence-corrected chi connectivity index (χ1v) is 7.11. The van der Waals surface area contributed by atoms with Crippen LogP contribution in [0, 0.1) is 6.92 Å². The molecule has 0 unspecified atom stereocenters. The second kappa shape index (κ2) is 5.69. The van der Waals surface area contributed by atoms with Crippen LogP contribution < -0.4 is 9.80 Å². The van der Waals surface area contributed by atoms with Crippen LogP contribution >= 0.6 is 0 Å². The lowest BCUT2D eigenvalue weighted by atomic mass is 10.2. The van der Waals surface area contributed by atoms with Crippen LogP contribution in [0.1, 0.15) is 11.3 Å². The summed E-state index contributed by atoms with van der Waals surface area (Å²) in [7, 11) is 1.92. The van der Waals surface area contributed by atoms with Crippen molar-refractivity contribution in [3.63, 3.8) is 0 Å². The quantitative estimate of drug-likeness (QED) is 0.878. The van der Waals surface area contributed by atoms with Gasteiger partial charge >= 0.3 is 0 Å². The average Bonchev–Trinajstić information content (AvgIpc) is 2.82. The molecule has 21 heavy (non-hydrogen) atoms. The molecule has 0 amide bonds. The minimum atomic E-state index is 0.0248. The summed E-state index contributed by atoms with van der Waals surface area (Å²) in [5, 5.41) is 14.0. The van der Waals surface area contributed by atoms with Crippen molar-refractivity contribution < 1.29 is 5.11 Å². The number of nitrogens with zero attached hydrogens (tertiary/aromatic N) is 6. The predicted octanol–water partition coefficient (Wildman–Crippen LogP) is 0.337. The van der Waals surface area contributed by atoms with E-state index in [0.29, 0.717) is 0 Å². The van der Waals surface area contributed by atoms with E-state index in [9.17, 15) is 5.11 Å². The standard InChI is InChI=1S/C14H20N6O/c1-11-12(10-21)13(18(2)17-11)19-6-8-20(9-7-19)14-15-4-3-5-16-14/h3-5,21H,6-10H2,1-2H3. The van der Waals surface area contributed by atoms with Crippen molar-refractivity contribution in [1.82, 2.24) is 19.7 Å². The van der Waals surface area contributed by atoms with Crippen LogP contribution in [0.25, 0.3) is 0 Å². The Morgan fingerprint density at radius 3 is 2.33 bits per heavy atom. The number of aliphatic hydroxyl groups is 1. The van der Waals surface area contributed by atoms with Gasteiger partial charge in [0.2, 0.25) is 5.95 Å². The second-order valence-corrected chi connectivity index (χ2v) is 5.19. The van der Waals surface area contributed by atoms with Crippen LogP contribution in [0.4, 0.5) is 11.8 Å². The third-order valence-corrected chi connectivity index (χ3v) is 3.89. The number of hydrogen-bond donors (Lipinski definition) is 1. The van der Waals surface area contributed by atoms with Gasteiger partial charge in [0.25, 0.3) is 0 Å². The number of anilines is 2. The molecule has 7 nitrogen and oxygen atoms in total. The molecule has 2 aromatic rings. The molecule has 1 aliphatic rings. The molecule has 1 saturated heterocycles. The number of aromatic nitrogens is 4. The van der Waals surface area contributed by atoms with E-state index in [1.165, 1.54) is 0 Å². The zero-order valence-electron chi connectivity index (χ0n) is 12.4. The van der Waals surface area contributed by atoms with Gasteiger partial charge in [0.15, 0.2) is 0 Å². The molecule has 7 heteroatoms. The summed E-state index contributed by atoms with van der Waals surface area (Å²) in [6.45, 7) is 5.41. The lowest BCUT2D eigenvalue weighted by Crippen LogP contribution is -2.48. The summed E-state index contributed by atoms with van der Waals surface area (Å²) in [5.41, 5.74) is 1.81. The summed E-state index contributed by atoms with van der Waals surface area (Å²) in [6, 6.07) is 1.83. The number of aryl methyl sites for hydroxylation is 2. The van der Waals surface area contributed by atoms with E-state index in [1.807, 2.05) is 24.7 Å². The fourth-order valence-electron chi connectivity index (χ4n) is 2.84. The summed E-state index contributed by atoms with van der Waals surface area (Å²) in [6.07, 6.45) is 3.53. The van der Waals surface area contributed by atoms with E-state index in [0.717, 1.165) is 49.2 Å². The highest BCUT2D eigenvalue weighted by Gasteiger charge is 2.24. The van der Waals surface area contributed by atoms with Crippen LogP contribution in [0.5, 0.6) is 0 Å². The van der Waals surface area contributed by atoms with Crippen molar-refractivity contribution in [2.45, 2.75) is 13.5 Å². The van der Waals surface area contributed by atoms with E-state index in [-0.39, 0.29) is 6.61 Å². The molecule has 0 aromatic carbocycles. The molecular weight excluding hydrogens is 268 g/mol. The molecule has 0 spiro atoms. The van der Waals surface area contributed by atoms with Gasteiger partial charge in [0.1, 0.15) is 5.82 Å². The van der Waals surface area contributed by atoms with Gasteiger partial charge in [-0.25, -0.2) is 9.97 Å². The smallest absolute Gasteiger partial charge is 0.225 e. The molecule has 0 radical (unpaired) electrons. The van der Waals surface area contributed by atoms with Gasteiger partial charge in [0.05, 0.1) is 12.3 Å². The molecule has 1 fully saturated rings. The number of aliphatic hydroxyl groups excluding tert-OH is 1. The predicted molar refractivity (Wildman–Crippen MR) is 80.3 cm³/mol. The van der Waals surface area contributed by atoms with E-state index in [1.54, 1.807) is 12.4 Å². The largest absolute Gasteiger partial charge is 0.391 e. The molecule has 3 heterocycles. The molecule has 1 aliphatic heterocycles. The van der Waals surface area contributed by atoms with Crippen LogP contribution in [-0.2, 0) is 13.7 Å². The van der Waals surface area contributed by atoms with Gasteiger partial charge in [-0.2, -0.15) is 5.10 Å². The minimum Gasteiger partial charge on any atom is -0.391 e. The third-order valence-electron chi connectivity index (χ3n) is 3.89. The Morgan fingerprint density at radius 2 is 1.71 bits per heavy atom. The molecule has 2 aromatic heterocycles. The fourth-order valence-corrected chi connectivity index (χ4v) is 2.84. The van der Waals surface area contributed by atoms with Crippen LogP contribution in [0.15, 0.2) is 18.5 Å². The van der Waals surface area contributed by atoms with E-state index in [4.69, 9.17) is 0 Å². The SMILES string of the molecule is Cc1nn(C)c(N2CCN(c3ncccn3)CC2)c1CO. The topological polar surface area (TPSA) is 70.3 Å². The fraction of sp³-hybridized carbons (Fsp3) is 0.500. The summed E-state index contributed by atoms with van der Waals surface area (Å²) in [4.78, 5) is 13.0. The molecule has 1 N–H and O–H groups in total. The van der Waals surface area contributed by atoms with Crippen LogP contribution in [0.3, 0.4) is 0 Å². The average molecular weight is 288 g/mol. The van der Waals surface area contributed by atoms with Gasteiger partial charge in [0, 0.05) is 51.2 Å². The summed E-state index contributed by atoms with van der Waals surface area (Å²) < 4.78 is 1.86. The van der Waals surface area contributed by atoms with Crippen LogP contribution in [-0.4, -0.2) is 51.0 Å². The Kier molecular flexibility index (Phi) is 3.74. The van der Waals surface area contributed by atoms with Gasteiger partial charge in [-0.3, -0.25) is 4.68 Å². The second-order valence-electron chi connectivity index (χ2n) is 5.19. The maximum absolute atomic E-state index is 9.56. The van der Waals surface area contributed by atoms with E-state index >= 15 is 0 Å². The zero-order chi connectivity index (χ0) is 14.8. The van der Waals surface area contributed by atoms with Gasteiger partial charge in [-0.05, 0) is 13.0 Å². The molecule has 0 atom stereocenters. The van der Waals surface area contributed by atoms with Gasteiger partial charge in [-0.15, -0.1) is 0 Å². The highest BCUT2D eigenvalue weighted by atomic mass is 16.3. The number of rotatable bonds is 3. The minimum absolute atomic E-state index is 0.0248. The van der Waals surface area contributed by atoms with Crippen molar-refractivity contribution in [3.8, 4) is 0 Å². The van der Waals surface area contributed by atoms with Crippen molar-refractivity contribution in [1.29, 1.82) is 0 Å². The number of piperazine rings is 1. The van der Waals surface area contributed by atoms with Crippen molar-refractivity contribution in [2.24, 2.45) is 7.05 Å². The Balaban J connectivity index is 1.74. The van der Waals surface area contributed by atoms with Crippen molar-refractivity contribution in [2.75, 3.05) is 36.0 Å². The monoisotopic (exact) mass is 288 g/mol. The Bertz CT molecular complexity index is 603. The van der Waals surface area contributed by atoms with Crippen molar-refractivity contribution >= 4 is 11.8 Å². The van der Waals surface area contributed by atoms with E-state index < -0.39 is 0 Å². The van der Waals surface area contributed by atoms with E-state index in [2.05, 4.69) is 24.9 Å². The lowest BCUT2D eigenvalue weighted by molar-refractivity contribution is 0.281. The Hall–Kier alpha value is -2.15. The van der Waals surface area contributed by atoms with Crippen LogP contribution in [0.2, 0.25) is 0 Å². The Labute approximate surface area is 123 Å². The first-order valence-electron chi connectivity index (χ1n) is 7.11. The maximum atomic E-state index is 9.56. The van der Waals surface area contributed by atoms with Gasteiger partial charge < -0.3 is 14.9 Å². The molecule has 0 aliphatic carbocycles. The summed E-state index contributed by atoms with van der Waals surface area (Å²) >= 11 is 0. The first-order chi connectivity index (χ1) is 10.2.